The summed E-state index contributed by atoms with van der Waals surface area (Å²) in [5.41, 5.74) is 7.42. The second-order valence-corrected chi connectivity index (χ2v) is 6.12. The van der Waals surface area contributed by atoms with Gasteiger partial charge in [0.1, 0.15) is 10.4 Å². The molecule has 2 atom stereocenters. The van der Waals surface area contributed by atoms with E-state index in [1.54, 1.807) is 0 Å². The number of likely N-dealkylation sites (tertiary alicyclic amines) is 1. The third-order valence-corrected chi connectivity index (χ3v) is 4.61. The van der Waals surface area contributed by atoms with Gasteiger partial charge in [0.15, 0.2) is 0 Å². The average molecular weight is 299 g/mol. The molecular weight excluding hydrogens is 280 g/mol. The van der Waals surface area contributed by atoms with Crippen molar-refractivity contribution in [1.29, 1.82) is 0 Å². The summed E-state index contributed by atoms with van der Waals surface area (Å²) in [6.45, 7) is 3.23. The van der Waals surface area contributed by atoms with Gasteiger partial charge in [0, 0.05) is 25.0 Å². The number of halogens is 1. The van der Waals surface area contributed by atoms with E-state index in [0.29, 0.717) is 12.0 Å². The Bertz CT molecular complexity index is 428. The van der Waals surface area contributed by atoms with Crippen LogP contribution in [0.2, 0.25) is 0 Å². The molecule has 2 unspecified atom stereocenters. The van der Waals surface area contributed by atoms with E-state index in [9.17, 15) is 0 Å². The van der Waals surface area contributed by atoms with E-state index >= 15 is 0 Å². The van der Waals surface area contributed by atoms with Gasteiger partial charge in [-0.25, -0.2) is 4.98 Å². The SMILES string of the molecule is CN1CCC(c2nc(Br)c3n2CC(N)CC3)C1. The third-order valence-electron chi connectivity index (χ3n) is 3.98. The minimum absolute atomic E-state index is 0.293. The lowest BCUT2D eigenvalue weighted by Crippen LogP contribution is -2.33. The van der Waals surface area contributed by atoms with Crippen LogP contribution in [-0.2, 0) is 13.0 Å². The lowest BCUT2D eigenvalue weighted by molar-refractivity contribution is 0.400. The van der Waals surface area contributed by atoms with Crippen LogP contribution in [0, 0.1) is 0 Å². The molecule has 2 aliphatic heterocycles. The van der Waals surface area contributed by atoms with E-state index in [0.717, 1.165) is 30.5 Å². The molecule has 0 aromatic carbocycles. The Morgan fingerprint density at radius 1 is 1.35 bits per heavy atom. The van der Waals surface area contributed by atoms with Crippen molar-refractivity contribution in [2.75, 3.05) is 20.1 Å². The minimum atomic E-state index is 0.293. The van der Waals surface area contributed by atoms with Crippen molar-refractivity contribution in [1.82, 2.24) is 14.5 Å². The second kappa shape index (κ2) is 4.37. The molecule has 3 rings (SSSR count). The zero-order valence-electron chi connectivity index (χ0n) is 10.2. The van der Waals surface area contributed by atoms with Crippen molar-refractivity contribution >= 4 is 15.9 Å². The van der Waals surface area contributed by atoms with Crippen LogP contribution in [0.3, 0.4) is 0 Å². The number of hydrogen-bond acceptors (Lipinski definition) is 3. The van der Waals surface area contributed by atoms with E-state index in [4.69, 9.17) is 10.7 Å². The Kier molecular flexibility index (Phi) is 3.00. The van der Waals surface area contributed by atoms with E-state index in [-0.39, 0.29) is 0 Å². The predicted octanol–water partition coefficient (Wildman–Crippen LogP) is 1.34. The highest BCUT2D eigenvalue weighted by Gasteiger charge is 2.30. The summed E-state index contributed by atoms with van der Waals surface area (Å²) in [5.74, 6) is 1.82. The molecule has 4 nitrogen and oxygen atoms in total. The molecule has 0 bridgehead atoms. The fourth-order valence-electron chi connectivity index (χ4n) is 3.02. The topological polar surface area (TPSA) is 47.1 Å². The molecule has 1 saturated heterocycles. The zero-order valence-corrected chi connectivity index (χ0v) is 11.8. The maximum Gasteiger partial charge on any atom is 0.127 e. The first kappa shape index (κ1) is 11.7. The van der Waals surface area contributed by atoms with Gasteiger partial charge in [0.25, 0.3) is 0 Å². The molecule has 0 radical (unpaired) electrons. The van der Waals surface area contributed by atoms with Gasteiger partial charge in [0.05, 0.1) is 5.69 Å². The van der Waals surface area contributed by atoms with Crippen LogP contribution in [0.15, 0.2) is 4.60 Å². The van der Waals surface area contributed by atoms with Crippen LogP contribution in [-0.4, -0.2) is 40.6 Å². The van der Waals surface area contributed by atoms with Crippen LogP contribution < -0.4 is 5.73 Å². The monoisotopic (exact) mass is 298 g/mol. The number of hydrogen-bond donors (Lipinski definition) is 1. The number of imidazole rings is 1. The van der Waals surface area contributed by atoms with Gasteiger partial charge < -0.3 is 15.2 Å². The molecule has 0 aliphatic carbocycles. The standard InChI is InChI=1S/C12H19BrN4/c1-16-5-4-8(6-16)12-15-11(13)10-3-2-9(14)7-17(10)12/h8-9H,2-7,14H2,1H3. The Balaban J connectivity index is 1.95. The molecular formula is C12H19BrN4. The molecule has 94 valence electrons. The van der Waals surface area contributed by atoms with Gasteiger partial charge in [0.2, 0.25) is 0 Å². The predicted molar refractivity (Wildman–Crippen MR) is 71.1 cm³/mol. The number of rotatable bonds is 1. The van der Waals surface area contributed by atoms with E-state index < -0.39 is 0 Å². The fraction of sp³-hybridized carbons (Fsp3) is 0.750. The molecule has 0 saturated carbocycles. The van der Waals surface area contributed by atoms with Crippen molar-refractivity contribution in [2.45, 2.75) is 37.8 Å². The fourth-order valence-corrected chi connectivity index (χ4v) is 3.62. The molecule has 5 heteroatoms. The smallest absolute Gasteiger partial charge is 0.127 e. The Labute approximate surface area is 110 Å². The van der Waals surface area contributed by atoms with Gasteiger partial charge in [-0.15, -0.1) is 0 Å². The van der Waals surface area contributed by atoms with Crippen LogP contribution in [0.25, 0.3) is 0 Å². The number of aromatic nitrogens is 2. The van der Waals surface area contributed by atoms with Crippen LogP contribution >= 0.6 is 15.9 Å². The molecule has 0 spiro atoms. The van der Waals surface area contributed by atoms with Crippen molar-refractivity contribution in [3.63, 3.8) is 0 Å². The summed E-state index contributed by atoms with van der Waals surface area (Å²) in [6.07, 6.45) is 3.35. The van der Waals surface area contributed by atoms with Crippen molar-refractivity contribution in [3.8, 4) is 0 Å². The lowest BCUT2D eigenvalue weighted by atomic mass is 10.0. The highest BCUT2D eigenvalue weighted by molar-refractivity contribution is 9.10. The number of nitrogens with two attached hydrogens (primary N) is 1. The molecule has 1 aromatic heterocycles. The third kappa shape index (κ3) is 2.04. The van der Waals surface area contributed by atoms with Crippen LogP contribution in [0.4, 0.5) is 0 Å². The quantitative estimate of drug-likeness (QED) is 0.851. The zero-order chi connectivity index (χ0) is 12.0. The molecule has 1 aromatic rings. The first-order chi connectivity index (χ1) is 8.15. The van der Waals surface area contributed by atoms with Gasteiger partial charge >= 0.3 is 0 Å². The molecule has 2 N–H and O–H groups in total. The first-order valence-corrected chi connectivity index (χ1v) is 7.13. The first-order valence-electron chi connectivity index (χ1n) is 6.34. The van der Waals surface area contributed by atoms with Crippen molar-refractivity contribution < 1.29 is 0 Å². The second-order valence-electron chi connectivity index (χ2n) is 5.36. The van der Waals surface area contributed by atoms with E-state index in [1.807, 2.05) is 0 Å². The maximum absolute atomic E-state index is 6.08. The van der Waals surface area contributed by atoms with E-state index in [1.165, 1.54) is 24.5 Å². The van der Waals surface area contributed by atoms with E-state index in [2.05, 4.69) is 32.4 Å². The summed E-state index contributed by atoms with van der Waals surface area (Å²) in [7, 11) is 2.18. The summed E-state index contributed by atoms with van der Waals surface area (Å²) in [5, 5.41) is 0. The Morgan fingerprint density at radius 3 is 2.88 bits per heavy atom. The lowest BCUT2D eigenvalue weighted by Gasteiger charge is -2.24. The summed E-state index contributed by atoms with van der Waals surface area (Å²) >= 11 is 3.60. The van der Waals surface area contributed by atoms with Crippen molar-refractivity contribution in [2.24, 2.45) is 5.73 Å². The Hall–Kier alpha value is -0.390. The molecule has 3 heterocycles. The van der Waals surface area contributed by atoms with Gasteiger partial charge in [-0.1, -0.05) is 0 Å². The molecule has 2 aliphatic rings. The van der Waals surface area contributed by atoms with Crippen molar-refractivity contribution in [3.05, 3.63) is 16.1 Å². The minimum Gasteiger partial charge on any atom is -0.329 e. The number of nitrogens with zero attached hydrogens (tertiary/aromatic N) is 3. The number of likely N-dealkylation sites (N-methyl/N-ethyl adjacent to an activating group) is 1. The Morgan fingerprint density at radius 2 is 2.18 bits per heavy atom. The largest absolute Gasteiger partial charge is 0.329 e. The molecule has 1 fully saturated rings. The highest BCUT2D eigenvalue weighted by atomic mass is 79.9. The maximum atomic E-state index is 6.08. The van der Waals surface area contributed by atoms with Crippen LogP contribution in [0.1, 0.15) is 30.3 Å². The summed E-state index contributed by atoms with van der Waals surface area (Å²) < 4.78 is 3.40. The normalized spacial score (nSPS) is 29.6. The van der Waals surface area contributed by atoms with Gasteiger partial charge in [-0.05, 0) is 48.8 Å². The van der Waals surface area contributed by atoms with Crippen LogP contribution in [0.5, 0.6) is 0 Å². The number of fused-ring (bicyclic) bond motifs is 1. The molecule has 0 amide bonds. The highest BCUT2D eigenvalue weighted by Crippen LogP contribution is 2.32. The summed E-state index contributed by atoms with van der Waals surface area (Å²) in [4.78, 5) is 7.12. The van der Waals surface area contributed by atoms with Gasteiger partial charge in [-0.3, -0.25) is 0 Å². The van der Waals surface area contributed by atoms with Gasteiger partial charge in [-0.2, -0.15) is 0 Å². The summed E-state index contributed by atoms with van der Waals surface area (Å²) in [6, 6.07) is 0.293. The molecule has 17 heavy (non-hydrogen) atoms. The average Bonchev–Trinajstić information content (AvgIpc) is 2.83.